The molecule has 340 valence electrons. The van der Waals surface area contributed by atoms with Gasteiger partial charge in [-0.2, -0.15) is 0 Å². The zero-order valence-electron chi connectivity index (χ0n) is 38.8. The van der Waals surface area contributed by atoms with E-state index in [1.807, 2.05) is 54.9 Å². The van der Waals surface area contributed by atoms with Crippen LogP contribution in [0, 0.1) is 30.6 Å². The van der Waals surface area contributed by atoms with Crippen molar-refractivity contribution in [2.24, 2.45) is 23.7 Å². The second-order valence-corrected chi connectivity index (χ2v) is 21.1. The van der Waals surface area contributed by atoms with Crippen LogP contribution < -0.4 is 10.5 Å². The first-order chi connectivity index (χ1) is 31.0. The Hall–Kier alpha value is -4.83. The lowest BCUT2D eigenvalue weighted by Gasteiger charge is -2.24. The number of benzene rings is 4. The molecule has 0 radical (unpaired) electrons. The van der Waals surface area contributed by atoms with Crippen molar-refractivity contribution in [1.29, 1.82) is 0 Å². The number of rotatable bonds is 15. The number of likely N-dealkylation sites (tertiary alicyclic amines) is 2. The molecule has 10 rings (SSSR count). The van der Waals surface area contributed by atoms with Crippen molar-refractivity contribution in [1.82, 2.24) is 19.8 Å². The van der Waals surface area contributed by atoms with E-state index >= 15 is 0 Å². The van der Waals surface area contributed by atoms with Crippen molar-refractivity contribution in [3.63, 3.8) is 0 Å². The Morgan fingerprint density at radius 2 is 1.19 bits per heavy atom. The van der Waals surface area contributed by atoms with Crippen molar-refractivity contribution in [2.75, 3.05) is 49.7 Å². The van der Waals surface area contributed by atoms with Crippen LogP contribution in [0.3, 0.4) is 0 Å². The van der Waals surface area contributed by atoms with Crippen LogP contribution in [0.1, 0.15) is 97.2 Å². The standard InChI is InChI=1S/C27H33N3O2S.C18H28N2.C10H9N.H2/c1-3-4-5-6-15-30-18-24-25(19-30)27(24,2)21-10-8-11-22(16-21)29-33(31,32)26-12-7-9-20-13-14-28-17-23(20)26;1-3-4-5-6-10-20-12-16-17(13-20)18(16,2)14-8-7-9-15(19)11-14;1-8-3-2-4-9-7-11-6-5-10(8)9;/h7-14,16-17,24-25,29H,3-6,15,18-19H2,1-2H3;7-9,11,16-17H,3-6,10,12-13,19H2,1-2H3;2-7H,1H3;1H. The van der Waals surface area contributed by atoms with Gasteiger partial charge in [0.25, 0.3) is 10.0 Å². The fourth-order valence-electron chi connectivity index (χ4n) is 11.3. The smallest absolute Gasteiger partial charge is 0.262 e. The summed E-state index contributed by atoms with van der Waals surface area (Å²) in [6.45, 7) is 18.9. The molecule has 2 aromatic heterocycles. The van der Waals surface area contributed by atoms with Gasteiger partial charge >= 0.3 is 0 Å². The third kappa shape index (κ3) is 9.73. The van der Waals surface area contributed by atoms with Gasteiger partial charge in [0.15, 0.2) is 0 Å². The van der Waals surface area contributed by atoms with Gasteiger partial charge < -0.3 is 15.5 Å². The van der Waals surface area contributed by atoms with E-state index in [1.54, 1.807) is 24.5 Å². The maximum atomic E-state index is 13.2. The lowest BCUT2D eigenvalue weighted by molar-refractivity contribution is 0.271. The van der Waals surface area contributed by atoms with E-state index in [1.165, 1.54) is 105 Å². The minimum atomic E-state index is -3.72. The summed E-state index contributed by atoms with van der Waals surface area (Å²) in [4.78, 5) is 13.7. The summed E-state index contributed by atoms with van der Waals surface area (Å²) in [5, 5.41) is 4.00. The molecule has 2 saturated heterocycles. The summed E-state index contributed by atoms with van der Waals surface area (Å²) in [6.07, 6.45) is 17.7. The van der Waals surface area contributed by atoms with Gasteiger partial charge in [0, 0.05) is 85.4 Å². The highest BCUT2D eigenvalue weighted by atomic mass is 32.2. The van der Waals surface area contributed by atoms with Crippen LogP contribution in [-0.2, 0) is 20.9 Å². The van der Waals surface area contributed by atoms with Gasteiger partial charge in [0.05, 0.1) is 4.90 Å². The summed E-state index contributed by atoms with van der Waals surface area (Å²) in [6, 6.07) is 32.0. The Morgan fingerprint density at radius 1 is 0.641 bits per heavy atom. The second-order valence-electron chi connectivity index (χ2n) is 19.5. The van der Waals surface area contributed by atoms with Gasteiger partial charge in [-0.15, -0.1) is 0 Å². The molecule has 0 spiro atoms. The normalized spacial score (nSPS) is 24.6. The van der Waals surface area contributed by atoms with Crippen LogP contribution >= 0.6 is 0 Å². The fourth-order valence-corrected chi connectivity index (χ4v) is 12.5. The lowest BCUT2D eigenvalue weighted by atomic mass is 9.92. The number of nitrogens with two attached hydrogens (primary N) is 1. The Balaban J connectivity index is 0.000000166. The number of nitrogens with one attached hydrogen (secondary N) is 1. The molecule has 4 fully saturated rings. The SMILES string of the molecule is CCCCCCN1CC2C(C1)C2(C)c1cccc(N)c1.CCCCCCN1CC2C(C1)C2(C)c1cccc(NS(=O)(=O)c2cccc3ccncc23)c1.Cc1cccc2cnccc12.[HH]. The number of unbranched alkanes of at least 4 members (excludes halogenated alkanes) is 6. The number of hydrogen-bond donors (Lipinski definition) is 2. The molecule has 0 bridgehead atoms. The van der Waals surface area contributed by atoms with Gasteiger partial charge in [-0.3, -0.25) is 14.7 Å². The molecule has 4 aliphatic rings. The number of fused-ring (bicyclic) bond motifs is 4. The third-order valence-corrected chi connectivity index (χ3v) is 16.8. The average Bonchev–Trinajstić information content (AvgIpc) is 3.77. The van der Waals surface area contributed by atoms with E-state index in [-0.39, 0.29) is 11.7 Å². The summed E-state index contributed by atoms with van der Waals surface area (Å²) < 4.78 is 29.3. The lowest BCUT2D eigenvalue weighted by Crippen LogP contribution is -2.30. The van der Waals surface area contributed by atoms with E-state index in [2.05, 4.69) is 102 Å². The summed E-state index contributed by atoms with van der Waals surface area (Å²) in [7, 11) is -3.72. The predicted molar refractivity (Wildman–Crippen MR) is 268 cm³/mol. The summed E-state index contributed by atoms with van der Waals surface area (Å²) in [5.74, 6) is 3.05. The van der Waals surface area contributed by atoms with Crippen LogP contribution in [0.5, 0.6) is 0 Å². The third-order valence-electron chi connectivity index (χ3n) is 15.4. The molecule has 3 N–H and O–H groups in total. The fraction of sp³-hybridized carbons (Fsp3) is 0.455. The quantitative estimate of drug-likeness (QED) is 0.0782. The Bertz CT molecular complexity index is 2600. The van der Waals surface area contributed by atoms with Crippen LogP contribution in [0.15, 0.2) is 127 Å². The minimum absolute atomic E-state index is 0. The number of sulfonamides is 1. The van der Waals surface area contributed by atoms with Crippen LogP contribution in [-0.4, -0.2) is 67.5 Å². The molecular formula is C55H72N6O2S. The van der Waals surface area contributed by atoms with Crippen molar-refractivity contribution in [2.45, 2.75) is 102 Å². The Labute approximate surface area is 384 Å². The van der Waals surface area contributed by atoms with E-state index in [0.717, 1.165) is 36.0 Å². The second kappa shape index (κ2) is 19.7. The van der Waals surface area contributed by atoms with E-state index < -0.39 is 10.0 Å². The number of hydrogen-bond acceptors (Lipinski definition) is 7. The molecule has 2 aliphatic heterocycles. The number of pyridine rings is 2. The first kappa shape index (κ1) is 45.7. The van der Waals surface area contributed by atoms with Crippen molar-refractivity contribution in [3.8, 4) is 0 Å². The molecular weight excluding hydrogens is 809 g/mol. The number of aromatic nitrogens is 2. The van der Waals surface area contributed by atoms with Crippen LogP contribution in [0.25, 0.3) is 21.5 Å². The van der Waals surface area contributed by atoms with Crippen molar-refractivity contribution >= 4 is 42.9 Å². The molecule has 64 heavy (non-hydrogen) atoms. The molecule has 4 aromatic carbocycles. The molecule has 4 heterocycles. The number of nitrogen functional groups attached to an aromatic ring is 1. The highest BCUT2D eigenvalue weighted by Crippen LogP contribution is 2.64. The van der Waals surface area contributed by atoms with E-state index in [0.29, 0.717) is 28.3 Å². The number of nitrogens with zero attached hydrogens (tertiary/aromatic N) is 4. The Kier molecular flexibility index (Phi) is 14.1. The Morgan fingerprint density at radius 3 is 1.80 bits per heavy atom. The van der Waals surface area contributed by atoms with Crippen molar-refractivity contribution in [3.05, 3.63) is 139 Å². The minimum Gasteiger partial charge on any atom is -0.399 e. The van der Waals surface area contributed by atoms with Gasteiger partial charge in [-0.25, -0.2) is 8.42 Å². The monoisotopic (exact) mass is 881 g/mol. The first-order valence-corrected chi connectivity index (χ1v) is 25.5. The molecule has 6 aromatic rings. The zero-order chi connectivity index (χ0) is 44.9. The zero-order valence-corrected chi connectivity index (χ0v) is 39.7. The van der Waals surface area contributed by atoms with Gasteiger partial charge in [-0.1, -0.05) is 121 Å². The highest BCUT2D eigenvalue weighted by molar-refractivity contribution is 7.93. The molecule has 0 amide bonds. The molecule has 2 aliphatic carbocycles. The van der Waals surface area contributed by atoms with Gasteiger partial charge in [0.1, 0.15) is 0 Å². The van der Waals surface area contributed by atoms with Crippen LogP contribution in [0.2, 0.25) is 0 Å². The van der Waals surface area contributed by atoms with E-state index in [9.17, 15) is 8.42 Å². The van der Waals surface area contributed by atoms with Crippen LogP contribution in [0.4, 0.5) is 11.4 Å². The molecule has 4 unspecified atom stereocenters. The maximum absolute atomic E-state index is 13.2. The first-order valence-electron chi connectivity index (χ1n) is 24.0. The molecule has 8 nitrogen and oxygen atoms in total. The summed E-state index contributed by atoms with van der Waals surface area (Å²) in [5.41, 5.74) is 12.0. The molecule has 2 saturated carbocycles. The topological polar surface area (TPSA) is 104 Å². The average molecular weight is 881 g/mol. The predicted octanol–water partition coefficient (Wildman–Crippen LogP) is 11.9. The van der Waals surface area contributed by atoms with Gasteiger partial charge in [0.2, 0.25) is 0 Å². The highest BCUT2D eigenvalue weighted by Gasteiger charge is 2.66. The maximum Gasteiger partial charge on any atom is 0.262 e. The number of piperidine rings is 2. The number of anilines is 2. The van der Waals surface area contributed by atoms with Gasteiger partial charge in [-0.05, 0) is 126 Å². The largest absolute Gasteiger partial charge is 0.399 e. The molecule has 4 atom stereocenters. The summed E-state index contributed by atoms with van der Waals surface area (Å²) >= 11 is 0. The molecule has 9 heteroatoms. The van der Waals surface area contributed by atoms with E-state index in [4.69, 9.17) is 5.73 Å². The van der Waals surface area contributed by atoms with Crippen molar-refractivity contribution < 1.29 is 9.84 Å². The number of aryl methyl sites for hydroxylation is 1.